The molecular weight excluding hydrogens is 1390 g/mol. The molecule has 0 spiro atoms. The zero-order valence-corrected chi connectivity index (χ0v) is 64.6. The van der Waals surface area contributed by atoms with Gasteiger partial charge in [-0.25, -0.2) is 19.9 Å². The number of aromatic nitrogens is 6. The van der Waals surface area contributed by atoms with Crippen LogP contribution in [0.25, 0.3) is 146 Å². The second-order valence-electron chi connectivity index (χ2n) is 30.7. The fraction of sp³-hybridized carbons (Fsp3) is 0.0642. The molecule has 6 nitrogen and oxygen atoms in total. The summed E-state index contributed by atoms with van der Waals surface area (Å²) >= 11 is 0. The molecule has 0 aliphatic heterocycles. The minimum Gasteiger partial charge on any atom is -0.261 e. The first-order valence-electron chi connectivity index (χ1n) is 39.5. The fourth-order valence-corrected chi connectivity index (χ4v) is 18.4. The van der Waals surface area contributed by atoms with Gasteiger partial charge in [0.15, 0.2) is 11.6 Å². The van der Waals surface area contributed by atoms with Crippen LogP contribution in [0.4, 0.5) is 0 Å². The summed E-state index contributed by atoms with van der Waals surface area (Å²) < 4.78 is 0. The van der Waals surface area contributed by atoms with E-state index in [0.29, 0.717) is 11.6 Å². The maximum Gasteiger partial charge on any atom is 0.160 e. The minimum atomic E-state index is -0.808. The lowest BCUT2D eigenvalue weighted by Crippen LogP contribution is -2.28. The average molecular weight is 1470 g/mol. The summed E-state index contributed by atoms with van der Waals surface area (Å²) in [5.74, 6) is 1.26. The quantitative estimate of drug-likeness (QED) is 0.102. The number of hydrogen-bond donors (Lipinski definition) is 0. The van der Waals surface area contributed by atoms with Gasteiger partial charge in [-0.15, -0.1) is 0 Å². The van der Waals surface area contributed by atoms with Crippen molar-refractivity contribution < 1.29 is 0 Å². The Morgan fingerprint density at radius 1 is 0.209 bits per heavy atom. The number of benzene rings is 14. The lowest BCUT2D eigenvalue weighted by molar-refractivity contribution is 0.768. The summed E-state index contributed by atoms with van der Waals surface area (Å²) in [5, 5.41) is 0. The van der Waals surface area contributed by atoms with Gasteiger partial charge >= 0.3 is 0 Å². The first-order chi connectivity index (χ1) is 56.5. The van der Waals surface area contributed by atoms with Crippen molar-refractivity contribution in [2.24, 2.45) is 0 Å². The van der Waals surface area contributed by atoms with Gasteiger partial charge < -0.3 is 0 Å². The van der Waals surface area contributed by atoms with Crippen molar-refractivity contribution in [3.63, 3.8) is 0 Å². The molecule has 0 N–H and O–H groups in total. The molecule has 1 atom stereocenters. The van der Waals surface area contributed by atoms with Crippen LogP contribution >= 0.6 is 0 Å². The van der Waals surface area contributed by atoms with Gasteiger partial charge in [0.1, 0.15) is 0 Å². The Bertz CT molecular complexity index is 6780. The van der Waals surface area contributed by atoms with Gasteiger partial charge in [-0.1, -0.05) is 309 Å². The minimum absolute atomic E-state index is 0.627. The van der Waals surface area contributed by atoms with E-state index in [1.54, 1.807) is 0 Å². The molecule has 0 amide bonds. The number of rotatable bonds is 15. The van der Waals surface area contributed by atoms with Crippen molar-refractivity contribution in [3.05, 3.63) is 455 Å². The highest BCUT2D eigenvalue weighted by Crippen LogP contribution is 2.61. The van der Waals surface area contributed by atoms with E-state index in [1.165, 1.54) is 61.2 Å². The van der Waals surface area contributed by atoms with E-state index >= 15 is 0 Å². The van der Waals surface area contributed by atoms with Gasteiger partial charge in [0.05, 0.1) is 33.6 Å². The lowest BCUT2D eigenvalue weighted by Gasteiger charge is -2.34. The lowest BCUT2D eigenvalue weighted by atomic mass is 9.67. The second kappa shape index (κ2) is 28.7. The van der Waals surface area contributed by atoms with Crippen LogP contribution in [0.15, 0.2) is 382 Å². The Morgan fingerprint density at radius 2 is 0.643 bits per heavy atom. The molecule has 14 aromatic carbocycles. The van der Waals surface area contributed by atoms with Crippen LogP contribution in [0.5, 0.6) is 0 Å². The highest BCUT2D eigenvalue weighted by molar-refractivity contribution is 6.00. The molecule has 0 saturated carbocycles. The van der Waals surface area contributed by atoms with Gasteiger partial charge in [-0.3, -0.25) is 9.97 Å². The molecule has 0 fully saturated rings. The molecule has 18 aromatic rings. The number of hydrogen-bond acceptors (Lipinski definition) is 6. The monoisotopic (exact) mass is 1470 g/mol. The van der Waals surface area contributed by atoms with E-state index in [4.69, 9.17) is 24.9 Å². The first-order valence-corrected chi connectivity index (χ1v) is 39.5. The number of fused-ring (bicyclic) bond motifs is 6. The van der Waals surface area contributed by atoms with Crippen molar-refractivity contribution in [3.8, 4) is 146 Å². The maximum absolute atomic E-state index is 5.60. The molecule has 4 heterocycles. The van der Waals surface area contributed by atoms with Crippen LogP contribution in [-0.4, -0.2) is 29.9 Å². The molecule has 4 aromatic heterocycles. The zero-order chi connectivity index (χ0) is 77.3. The van der Waals surface area contributed by atoms with Gasteiger partial charge in [0.2, 0.25) is 0 Å². The highest BCUT2D eigenvalue weighted by atomic mass is 14.9. The van der Waals surface area contributed by atoms with Crippen LogP contribution in [0.1, 0.15) is 72.6 Å². The molecular formula is C109H78N6. The van der Waals surface area contributed by atoms with Gasteiger partial charge in [0.25, 0.3) is 0 Å². The number of pyridine rings is 2. The van der Waals surface area contributed by atoms with E-state index in [0.717, 1.165) is 145 Å². The molecule has 0 radical (unpaired) electrons. The summed E-state index contributed by atoms with van der Waals surface area (Å²) in [6.45, 7) is 10.6. The molecule has 1 unspecified atom stereocenters. The molecule has 0 saturated heterocycles. The number of aryl methyl sites for hydroxylation is 5. The largest absolute Gasteiger partial charge is 0.261 e. The Morgan fingerprint density at radius 3 is 1.30 bits per heavy atom. The van der Waals surface area contributed by atoms with E-state index in [1.807, 2.05) is 12.4 Å². The smallest absolute Gasteiger partial charge is 0.160 e. The highest BCUT2D eigenvalue weighted by Gasteiger charge is 2.49. The third-order valence-electron chi connectivity index (χ3n) is 23.6. The molecule has 0 bridgehead atoms. The molecule has 2 aliphatic carbocycles. The Balaban J connectivity index is 0.778. The van der Waals surface area contributed by atoms with Crippen LogP contribution in [0.2, 0.25) is 0 Å². The third kappa shape index (κ3) is 12.1. The predicted molar refractivity (Wildman–Crippen MR) is 471 cm³/mol. The van der Waals surface area contributed by atoms with Crippen LogP contribution in [-0.2, 0) is 10.8 Å². The van der Waals surface area contributed by atoms with Gasteiger partial charge in [-0.2, -0.15) is 0 Å². The second-order valence-corrected chi connectivity index (χ2v) is 30.7. The van der Waals surface area contributed by atoms with Crippen molar-refractivity contribution in [2.45, 2.75) is 45.4 Å². The first kappa shape index (κ1) is 69.7. The molecule has 115 heavy (non-hydrogen) atoms. The SMILES string of the molecule is Cc1cnc(-c2ccccc2-c2cccc3c2-c2cc(-c4cc(-c5cccc(-c6cc(-c7nc(C)cc(-c8cccc(-c9ccccc9)c8)n7)cc(C7(c8ccccc8)c8ccccc8-c8cc(-c9ccc(-c%10cc(C)ncc%10C)cc9)ccc87)c6)c5)nc(-c5ccccc5)n4)ccc2C3(c2ccccc2)c2ccccc2)c(C)c1. The van der Waals surface area contributed by atoms with E-state index < -0.39 is 10.8 Å². The molecule has 2 aliphatic rings. The third-order valence-corrected chi connectivity index (χ3v) is 23.6. The summed E-state index contributed by atoms with van der Waals surface area (Å²) in [5.41, 5.74) is 38.4. The Kier molecular flexibility index (Phi) is 17.4. The van der Waals surface area contributed by atoms with E-state index in [2.05, 4.69) is 410 Å². The summed E-state index contributed by atoms with van der Waals surface area (Å²) in [6.07, 6.45) is 3.95. The van der Waals surface area contributed by atoms with Gasteiger partial charge in [-0.05, 0) is 234 Å². The molecule has 20 rings (SSSR count). The summed E-state index contributed by atoms with van der Waals surface area (Å²) in [4.78, 5) is 31.9. The maximum atomic E-state index is 5.60. The van der Waals surface area contributed by atoms with Crippen molar-refractivity contribution in [2.75, 3.05) is 0 Å². The Labute approximate surface area is 671 Å². The Hall–Kier alpha value is -14.5. The average Bonchev–Trinajstić information content (AvgIpc) is 1.55. The summed E-state index contributed by atoms with van der Waals surface area (Å²) in [6, 6.07) is 135. The molecule has 544 valence electrons. The predicted octanol–water partition coefficient (Wildman–Crippen LogP) is 26.7. The van der Waals surface area contributed by atoms with Crippen molar-refractivity contribution >= 4 is 0 Å². The normalized spacial score (nSPS) is 13.5. The standard InChI is InChI=1S/C109H78N6/c1-69-56-70(2)105(111-67-69)93-44-22-21-42-90(93)92-45-27-47-100-104(92)96-65-83(53-55-99(96)108(100,86-36-15-8-16-37-86)87-38-17-9-18-39-87)103-66-102(114-106(115-103)77-30-13-7-14-31-77)82-35-26-33-79(60-82)84-61-85(107-112-73(5)58-101(113-107)81-34-25-32-78(59-81)74-28-11-6-12-29-74)63-89(62-84)109(88-40-19-10-20-41-88)97-46-24-23-43-91(97)95-64-80(52-54-98(95)109)75-48-50-76(51-49-75)94-57-72(4)110-68-71(94)3/h6-68H,1-5H3. The van der Waals surface area contributed by atoms with E-state index in [-0.39, 0.29) is 0 Å². The van der Waals surface area contributed by atoms with Crippen LogP contribution < -0.4 is 0 Å². The number of nitrogens with zero attached hydrogens (tertiary/aromatic N) is 6. The van der Waals surface area contributed by atoms with Crippen LogP contribution in [0, 0.1) is 34.6 Å². The topological polar surface area (TPSA) is 77.3 Å². The summed E-state index contributed by atoms with van der Waals surface area (Å²) in [7, 11) is 0. The van der Waals surface area contributed by atoms with Gasteiger partial charge in [0, 0.05) is 57.2 Å². The zero-order valence-electron chi connectivity index (χ0n) is 64.6. The molecule has 6 heteroatoms. The van der Waals surface area contributed by atoms with E-state index in [9.17, 15) is 0 Å². The van der Waals surface area contributed by atoms with Crippen molar-refractivity contribution in [1.82, 2.24) is 29.9 Å². The fourth-order valence-electron chi connectivity index (χ4n) is 18.4. The van der Waals surface area contributed by atoms with Crippen LogP contribution in [0.3, 0.4) is 0 Å². The van der Waals surface area contributed by atoms with Crippen molar-refractivity contribution in [1.29, 1.82) is 0 Å².